The molecular formula is C12H18ClNO2. The molecule has 0 heterocycles. The minimum atomic E-state index is 0.0695. The highest BCUT2D eigenvalue weighted by atomic mass is 35.5. The third kappa shape index (κ3) is 4.00. The lowest BCUT2D eigenvalue weighted by molar-refractivity contribution is 0.0971. The number of anilines is 1. The predicted octanol–water partition coefficient (Wildman–Crippen LogP) is 2.09. The molecule has 0 unspecified atom stereocenters. The molecular weight excluding hydrogens is 226 g/mol. The molecule has 1 rings (SSSR count). The Morgan fingerprint density at radius 2 is 2.12 bits per heavy atom. The Balaban J connectivity index is 2.46. The molecule has 16 heavy (non-hydrogen) atoms. The van der Waals surface area contributed by atoms with Crippen molar-refractivity contribution in [2.24, 2.45) is 0 Å². The SMILES string of the molecule is Cc1ccc(N(C)CCOCCO)cc1Cl. The van der Waals surface area contributed by atoms with Gasteiger partial charge in [-0.15, -0.1) is 0 Å². The maximum Gasteiger partial charge on any atom is 0.0698 e. The quantitative estimate of drug-likeness (QED) is 0.777. The molecule has 3 nitrogen and oxygen atoms in total. The molecule has 0 aliphatic heterocycles. The summed E-state index contributed by atoms with van der Waals surface area (Å²) in [5.41, 5.74) is 2.15. The van der Waals surface area contributed by atoms with E-state index in [0.717, 1.165) is 22.8 Å². The molecule has 0 aliphatic rings. The number of likely N-dealkylation sites (N-methyl/N-ethyl adjacent to an activating group) is 1. The van der Waals surface area contributed by atoms with Gasteiger partial charge in [0.15, 0.2) is 0 Å². The van der Waals surface area contributed by atoms with Gasteiger partial charge in [0, 0.05) is 24.3 Å². The second kappa shape index (κ2) is 6.74. The van der Waals surface area contributed by atoms with E-state index in [1.165, 1.54) is 0 Å². The van der Waals surface area contributed by atoms with Crippen LogP contribution < -0.4 is 4.90 Å². The summed E-state index contributed by atoms with van der Waals surface area (Å²) >= 11 is 6.05. The van der Waals surface area contributed by atoms with E-state index >= 15 is 0 Å². The minimum absolute atomic E-state index is 0.0695. The van der Waals surface area contributed by atoms with Crippen LogP contribution in [0.5, 0.6) is 0 Å². The van der Waals surface area contributed by atoms with Gasteiger partial charge in [-0.05, 0) is 24.6 Å². The molecule has 0 spiro atoms. The van der Waals surface area contributed by atoms with Gasteiger partial charge in [-0.2, -0.15) is 0 Å². The Labute approximate surface area is 102 Å². The first-order valence-corrected chi connectivity index (χ1v) is 5.69. The zero-order chi connectivity index (χ0) is 12.0. The van der Waals surface area contributed by atoms with E-state index in [4.69, 9.17) is 21.4 Å². The Morgan fingerprint density at radius 3 is 2.75 bits per heavy atom. The number of ether oxygens (including phenoxy) is 1. The molecule has 0 atom stereocenters. The standard InChI is InChI=1S/C12H18ClNO2/c1-10-3-4-11(9-12(10)13)14(2)5-7-16-8-6-15/h3-4,9,15H,5-8H2,1-2H3. The maximum atomic E-state index is 8.56. The lowest BCUT2D eigenvalue weighted by Crippen LogP contribution is -2.23. The summed E-state index contributed by atoms with van der Waals surface area (Å²) in [5, 5.41) is 9.34. The summed E-state index contributed by atoms with van der Waals surface area (Å²) in [6, 6.07) is 5.99. The van der Waals surface area contributed by atoms with E-state index in [2.05, 4.69) is 4.90 Å². The van der Waals surface area contributed by atoms with Crippen molar-refractivity contribution >= 4 is 17.3 Å². The summed E-state index contributed by atoms with van der Waals surface area (Å²) in [6.07, 6.45) is 0. The minimum Gasteiger partial charge on any atom is -0.394 e. The fourth-order valence-electron chi connectivity index (χ4n) is 1.32. The number of aliphatic hydroxyl groups is 1. The number of hydrogen-bond acceptors (Lipinski definition) is 3. The lowest BCUT2D eigenvalue weighted by atomic mass is 10.2. The van der Waals surface area contributed by atoms with E-state index in [1.54, 1.807) is 0 Å². The van der Waals surface area contributed by atoms with Crippen LogP contribution in [0, 0.1) is 6.92 Å². The Kier molecular flexibility index (Phi) is 5.60. The lowest BCUT2D eigenvalue weighted by Gasteiger charge is -2.19. The molecule has 0 saturated heterocycles. The van der Waals surface area contributed by atoms with Gasteiger partial charge in [-0.25, -0.2) is 0 Å². The molecule has 0 bridgehead atoms. The normalized spacial score (nSPS) is 10.5. The number of nitrogens with zero attached hydrogens (tertiary/aromatic N) is 1. The van der Waals surface area contributed by atoms with Crippen LogP contribution in [-0.2, 0) is 4.74 Å². The average Bonchev–Trinajstić information content (AvgIpc) is 2.28. The third-order valence-corrected chi connectivity index (χ3v) is 2.81. The van der Waals surface area contributed by atoms with Gasteiger partial charge in [0.1, 0.15) is 0 Å². The van der Waals surface area contributed by atoms with Gasteiger partial charge < -0.3 is 14.7 Å². The highest BCUT2D eigenvalue weighted by Crippen LogP contribution is 2.22. The van der Waals surface area contributed by atoms with Crippen molar-refractivity contribution in [2.45, 2.75) is 6.92 Å². The second-order valence-corrected chi connectivity index (χ2v) is 4.10. The van der Waals surface area contributed by atoms with E-state index in [1.807, 2.05) is 32.2 Å². The predicted molar refractivity (Wildman–Crippen MR) is 67.4 cm³/mol. The van der Waals surface area contributed by atoms with E-state index in [9.17, 15) is 0 Å². The van der Waals surface area contributed by atoms with Gasteiger partial charge in [0.05, 0.1) is 19.8 Å². The molecule has 0 radical (unpaired) electrons. The van der Waals surface area contributed by atoms with Gasteiger partial charge >= 0.3 is 0 Å². The smallest absolute Gasteiger partial charge is 0.0698 e. The van der Waals surface area contributed by atoms with Crippen LogP contribution in [0.15, 0.2) is 18.2 Å². The molecule has 0 aromatic heterocycles. The molecule has 90 valence electrons. The highest BCUT2D eigenvalue weighted by molar-refractivity contribution is 6.31. The van der Waals surface area contributed by atoms with E-state index in [-0.39, 0.29) is 6.61 Å². The molecule has 0 amide bonds. The van der Waals surface area contributed by atoms with Crippen LogP contribution in [0.1, 0.15) is 5.56 Å². The van der Waals surface area contributed by atoms with Gasteiger partial charge in [0.25, 0.3) is 0 Å². The van der Waals surface area contributed by atoms with Crippen molar-refractivity contribution in [3.8, 4) is 0 Å². The molecule has 4 heteroatoms. The van der Waals surface area contributed by atoms with Crippen LogP contribution in [-0.4, -0.2) is 38.5 Å². The number of aliphatic hydroxyl groups excluding tert-OH is 1. The molecule has 0 fully saturated rings. The van der Waals surface area contributed by atoms with Crippen LogP contribution in [0.2, 0.25) is 5.02 Å². The fraction of sp³-hybridized carbons (Fsp3) is 0.500. The second-order valence-electron chi connectivity index (χ2n) is 3.69. The van der Waals surface area contributed by atoms with Gasteiger partial charge in [-0.1, -0.05) is 17.7 Å². The molecule has 1 N–H and O–H groups in total. The summed E-state index contributed by atoms with van der Waals surface area (Å²) < 4.78 is 5.20. The maximum absolute atomic E-state index is 8.56. The van der Waals surface area contributed by atoms with Crippen molar-refractivity contribution < 1.29 is 9.84 Å². The molecule has 0 aliphatic carbocycles. The summed E-state index contributed by atoms with van der Waals surface area (Å²) in [6.45, 7) is 3.82. The molecule has 0 saturated carbocycles. The first kappa shape index (κ1) is 13.3. The Hall–Kier alpha value is -0.770. The zero-order valence-electron chi connectivity index (χ0n) is 9.74. The van der Waals surface area contributed by atoms with Crippen molar-refractivity contribution in [3.05, 3.63) is 28.8 Å². The Bertz CT molecular complexity index is 331. The summed E-state index contributed by atoms with van der Waals surface area (Å²) in [7, 11) is 1.99. The number of rotatable bonds is 6. The summed E-state index contributed by atoms with van der Waals surface area (Å²) in [4.78, 5) is 2.07. The van der Waals surface area contributed by atoms with Crippen LogP contribution in [0.4, 0.5) is 5.69 Å². The van der Waals surface area contributed by atoms with Crippen molar-refractivity contribution in [2.75, 3.05) is 38.3 Å². The van der Waals surface area contributed by atoms with Crippen LogP contribution in [0.25, 0.3) is 0 Å². The van der Waals surface area contributed by atoms with Crippen molar-refractivity contribution in [1.29, 1.82) is 0 Å². The topological polar surface area (TPSA) is 32.7 Å². The average molecular weight is 244 g/mol. The largest absolute Gasteiger partial charge is 0.394 e. The van der Waals surface area contributed by atoms with Crippen molar-refractivity contribution in [3.63, 3.8) is 0 Å². The molecule has 1 aromatic rings. The highest BCUT2D eigenvalue weighted by Gasteiger charge is 2.02. The number of halogens is 1. The van der Waals surface area contributed by atoms with Crippen LogP contribution in [0.3, 0.4) is 0 Å². The first-order valence-electron chi connectivity index (χ1n) is 5.31. The first-order chi connectivity index (χ1) is 7.65. The molecule has 1 aromatic carbocycles. The Morgan fingerprint density at radius 1 is 1.38 bits per heavy atom. The third-order valence-electron chi connectivity index (χ3n) is 2.40. The zero-order valence-corrected chi connectivity index (χ0v) is 10.5. The van der Waals surface area contributed by atoms with E-state index < -0.39 is 0 Å². The van der Waals surface area contributed by atoms with Crippen LogP contribution >= 0.6 is 11.6 Å². The van der Waals surface area contributed by atoms with Gasteiger partial charge in [0.2, 0.25) is 0 Å². The number of benzene rings is 1. The fourth-order valence-corrected chi connectivity index (χ4v) is 1.49. The monoisotopic (exact) mass is 243 g/mol. The van der Waals surface area contributed by atoms with Gasteiger partial charge in [-0.3, -0.25) is 0 Å². The van der Waals surface area contributed by atoms with Crippen molar-refractivity contribution in [1.82, 2.24) is 0 Å². The number of hydrogen-bond donors (Lipinski definition) is 1. The van der Waals surface area contributed by atoms with E-state index in [0.29, 0.717) is 13.2 Å². The summed E-state index contributed by atoms with van der Waals surface area (Å²) in [5.74, 6) is 0. The number of aryl methyl sites for hydroxylation is 1.